The summed E-state index contributed by atoms with van der Waals surface area (Å²) < 4.78 is 36.7. The Morgan fingerprint density at radius 2 is 1.93 bits per heavy atom. The maximum absolute atomic E-state index is 12.8. The number of nitrogens with one attached hydrogen (secondary N) is 1. The molecule has 0 heterocycles. The van der Waals surface area contributed by atoms with Gasteiger partial charge < -0.3 is 9.47 Å². The number of benzene rings is 2. The standard InChI is InChI=1S/C18H20ClN3O5S/c1-22(12-18(23)21-20-11-13-6-4-5-7-15(13)19)28(24,25)17-10-14(26-2)8-9-16(17)27-3/h4-11H,12H2,1-3H3,(H,21,23)/b20-11+. The highest BCUT2D eigenvalue weighted by atomic mass is 35.5. The van der Waals surface area contributed by atoms with Crippen LogP contribution in [0.1, 0.15) is 5.56 Å². The molecule has 2 aromatic carbocycles. The number of hydrogen-bond donors (Lipinski definition) is 1. The first kappa shape index (κ1) is 21.7. The Labute approximate surface area is 168 Å². The molecular formula is C18H20ClN3O5S. The van der Waals surface area contributed by atoms with Gasteiger partial charge in [0.25, 0.3) is 5.91 Å². The lowest BCUT2D eigenvalue weighted by molar-refractivity contribution is -0.121. The van der Waals surface area contributed by atoms with Gasteiger partial charge in [0.1, 0.15) is 16.4 Å². The fourth-order valence-electron chi connectivity index (χ4n) is 2.23. The van der Waals surface area contributed by atoms with Crippen LogP contribution >= 0.6 is 11.6 Å². The number of halogens is 1. The minimum atomic E-state index is -4.00. The number of nitrogens with zero attached hydrogens (tertiary/aromatic N) is 2. The smallest absolute Gasteiger partial charge is 0.255 e. The Hall–Kier alpha value is -2.62. The second kappa shape index (κ2) is 9.54. The van der Waals surface area contributed by atoms with Crippen molar-refractivity contribution in [2.75, 3.05) is 27.8 Å². The van der Waals surface area contributed by atoms with Crippen LogP contribution in [0, 0.1) is 0 Å². The fraction of sp³-hybridized carbons (Fsp3) is 0.222. The molecule has 0 unspecified atom stereocenters. The molecular weight excluding hydrogens is 406 g/mol. The maximum Gasteiger partial charge on any atom is 0.255 e. The molecule has 1 amide bonds. The molecule has 0 atom stereocenters. The largest absolute Gasteiger partial charge is 0.497 e. The van der Waals surface area contributed by atoms with Gasteiger partial charge in [-0.15, -0.1) is 0 Å². The van der Waals surface area contributed by atoms with Crippen LogP contribution in [-0.2, 0) is 14.8 Å². The molecule has 0 bridgehead atoms. The number of carbonyl (C=O) groups excluding carboxylic acids is 1. The van der Waals surface area contributed by atoms with Crippen molar-refractivity contribution < 1.29 is 22.7 Å². The molecule has 2 rings (SSSR count). The van der Waals surface area contributed by atoms with Gasteiger partial charge in [-0.1, -0.05) is 29.8 Å². The van der Waals surface area contributed by atoms with Crippen LogP contribution in [0.4, 0.5) is 0 Å². The van der Waals surface area contributed by atoms with Gasteiger partial charge in [0.2, 0.25) is 10.0 Å². The first-order valence-electron chi connectivity index (χ1n) is 8.04. The van der Waals surface area contributed by atoms with Gasteiger partial charge in [-0.2, -0.15) is 9.41 Å². The van der Waals surface area contributed by atoms with Crippen LogP contribution in [0.3, 0.4) is 0 Å². The fourth-order valence-corrected chi connectivity index (χ4v) is 3.71. The number of likely N-dealkylation sites (N-methyl/N-ethyl adjacent to an activating group) is 1. The first-order valence-corrected chi connectivity index (χ1v) is 9.86. The third-order valence-corrected chi connectivity index (χ3v) is 5.89. The van der Waals surface area contributed by atoms with Gasteiger partial charge in [-0.3, -0.25) is 4.79 Å². The summed E-state index contributed by atoms with van der Waals surface area (Å²) in [6.07, 6.45) is 1.37. The third-order valence-electron chi connectivity index (χ3n) is 3.72. The lowest BCUT2D eigenvalue weighted by atomic mass is 10.2. The van der Waals surface area contributed by atoms with E-state index in [4.69, 9.17) is 21.1 Å². The van der Waals surface area contributed by atoms with E-state index < -0.39 is 22.5 Å². The average Bonchev–Trinajstić information content (AvgIpc) is 2.68. The summed E-state index contributed by atoms with van der Waals surface area (Å²) in [5, 5.41) is 4.27. The van der Waals surface area contributed by atoms with E-state index in [-0.39, 0.29) is 10.6 Å². The predicted octanol–water partition coefficient (Wildman–Crippen LogP) is 2.13. The van der Waals surface area contributed by atoms with E-state index in [1.165, 1.54) is 39.6 Å². The molecule has 0 aliphatic carbocycles. The molecule has 2 aromatic rings. The Bertz CT molecular complexity index is 979. The zero-order valence-corrected chi connectivity index (χ0v) is 17.1. The third kappa shape index (κ3) is 5.22. The number of rotatable bonds is 8. The Morgan fingerprint density at radius 1 is 1.21 bits per heavy atom. The monoisotopic (exact) mass is 425 g/mol. The lowest BCUT2D eigenvalue weighted by Crippen LogP contribution is -2.36. The molecule has 0 aliphatic heterocycles. The molecule has 150 valence electrons. The van der Waals surface area contributed by atoms with Crippen LogP contribution in [0.25, 0.3) is 0 Å². The van der Waals surface area contributed by atoms with E-state index in [9.17, 15) is 13.2 Å². The van der Waals surface area contributed by atoms with Crippen molar-refractivity contribution in [3.63, 3.8) is 0 Å². The van der Waals surface area contributed by atoms with Crippen LogP contribution in [0.5, 0.6) is 11.5 Å². The second-order valence-electron chi connectivity index (χ2n) is 5.59. The molecule has 0 spiro atoms. The average molecular weight is 426 g/mol. The normalized spacial score (nSPS) is 11.6. The molecule has 0 aliphatic rings. The van der Waals surface area contributed by atoms with E-state index >= 15 is 0 Å². The Kier molecular flexibility index (Phi) is 7.38. The van der Waals surface area contributed by atoms with Gasteiger partial charge in [-0.05, 0) is 18.2 Å². The highest BCUT2D eigenvalue weighted by Gasteiger charge is 2.27. The summed E-state index contributed by atoms with van der Waals surface area (Å²) >= 11 is 5.99. The Morgan fingerprint density at radius 3 is 2.57 bits per heavy atom. The SMILES string of the molecule is COc1ccc(OC)c(S(=O)(=O)N(C)CC(=O)N/N=C/c2ccccc2Cl)c1. The van der Waals surface area contributed by atoms with E-state index in [1.54, 1.807) is 30.3 Å². The molecule has 0 aromatic heterocycles. The number of carbonyl (C=O) groups is 1. The Balaban J connectivity index is 2.10. The van der Waals surface area contributed by atoms with E-state index in [0.717, 1.165) is 4.31 Å². The lowest BCUT2D eigenvalue weighted by Gasteiger charge is -2.18. The number of amides is 1. The summed E-state index contributed by atoms with van der Waals surface area (Å²) in [7, 11) is 0.0656. The summed E-state index contributed by atoms with van der Waals surface area (Å²) in [5.74, 6) is -0.123. The summed E-state index contributed by atoms with van der Waals surface area (Å²) in [6, 6.07) is 11.3. The number of ether oxygens (including phenoxy) is 2. The summed E-state index contributed by atoms with van der Waals surface area (Å²) in [6.45, 7) is -0.442. The predicted molar refractivity (Wildman–Crippen MR) is 107 cm³/mol. The van der Waals surface area contributed by atoms with Crippen molar-refractivity contribution in [3.8, 4) is 11.5 Å². The molecule has 0 fully saturated rings. The molecule has 0 radical (unpaired) electrons. The van der Waals surface area contributed by atoms with Crippen molar-refractivity contribution in [2.45, 2.75) is 4.90 Å². The zero-order chi connectivity index (χ0) is 20.7. The van der Waals surface area contributed by atoms with Gasteiger partial charge in [0.15, 0.2) is 0 Å². The topological polar surface area (TPSA) is 97.3 Å². The van der Waals surface area contributed by atoms with Crippen molar-refractivity contribution in [2.24, 2.45) is 5.10 Å². The zero-order valence-electron chi connectivity index (χ0n) is 15.5. The minimum absolute atomic E-state index is 0.107. The van der Waals surface area contributed by atoms with E-state index in [0.29, 0.717) is 16.3 Å². The first-order chi connectivity index (χ1) is 13.3. The second-order valence-corrected chi connectivity index (χ2v) is 8.01. The van der Waals surface area contributed by atoms with Crippen LogP contribution in [-0.4, -0.2) is 52.7 Å². The molecule has 8 nitrogen and oxygen atoms in total. The van der Waals surface area contributed by atoms with E-state index in [1.807, 2.05) is 0 Å². The molecule has 0 saturated heterocycles. The number of hydrogen-bond acceptors (Lipinski definition) is 6. The van der Waals surface area contributed by atoms with Gasteiger partial charge >= 0.3 is 0 Å². The summed E-state index contributed by atoms with van der Waals surface area (Å²) in [4.78, 5) is 12.0. The number of methoxy groups -OCH3 is 2. The van der Waals surface area contributed by atoms with Crippen LogP contribution in [0.2, 0.25) is 5.02 Å². The number of hydrazone groups is 1. The van der Waals surface area contributed by atoms with Crippen molar-refractivity contribution in [1.82, 2.24) is 9.73 Å². The highest BCUT2D eigenvalue weighted by Crippen LogP contribution is 2.30. The van der Waals surface area contributed by atoms with Gasteiger partial charge in [-0.25, -0.2) is 13.8 Å². The molecule has 0 saturated carbocycles. The van der Waals surface area contributed by atoms with E-state index in [2.05, 4.69) is 10.5 Å². The van der Waals surface area contributed by atoms with Crippen molar-refractivity contribution in [1.29, 1.82) is 0 Å². The van der Waals surface area contributed by atoms with Crippen molar-refractivity contribution in [3.05, 3.63) is 53.1 Å². The quantitative estimate of drug-likeness (QED) is 0.516. The number of sulfonamides is 1. The summed E-state index contributed by atoms with van der Waals surface area (Å²) in [5.41, 5.74) is 2.89. The highest BCUT2D eigenvalue weighted by molar-refractivity contribution is 7.89. The van der Waals surface area contributed by atoms with Gasteiger partial charge in [0, 0.05) is 23.7 Å². The minimum Gasteiger partial charge on any atom is -0.497 e. The molecule has 28 heavy (non-hydrogen) atoms. The van der Waals surface area contributed by atoms with Crippen LogP contribution in [0.15, 0.2) is 52.5 Å². The van der Waals surface area contributed by atoms with Gasteiger partial charge in [0.05, 0.1) is 27.0 Å². The molecule has 1 N–H and O–H groups in total. The molecule has 10 heteroatoms. The van der Waals surface area contributed by atoms with Crippen LogP contribution < -0.4 is 14.9 Å². The maximum atomic E-state index is 12.8. The van der Waals surface area contributed by atoms with Crippen molar-refractivity contribution >= 4 is 33.7 Å².